The first kappa shape index (κ1) is 16.1. The lowest BCUT2D eigenvalue weighted by Gasteiger charge is -2.21. The first-order chi connectivity index (χ1) is 9.09. The molecule has 0 spiro atoms. The molecular formula is C14H17NO4S. The van der Waals surface area contributed by atoms with Gasteiger partial charge in [0.1, 0.15) is 0 Å². The normalized spacial score (nSPS) is 11.6. The van der Waals surface area contributed by atoms with Crippen molar-refractivity contribution in [2.75, 3.05) is 0 Å². The Bertz CT molecular complexity index is 633. The summed E-state index contributed by atoms with van der Waals surface area (Å²) in [6, 6.07) is 7.93. The second-order valence-electron chi connectivity index (χ2n) is 5.30. The van der Waals surface area contributed by atoms with E-state index < -0.39 is 21.4 Å². The van der Waals surface area contributed by atoms with Gasteiger partial charge in [0.05, 0.1) is 16.4 Å². The molecule has 0 N–H and O–H groups in total. The number of carbonyl (C=O) groups is 1. The first-order valence-corrected chi connectivity index (χ1v) is 7.33. The molecule has 0 saturated heterocycles. The fourth-order valence-corrected chi connectivity index (χ4v) is 2.14. The number of carbonyl (C=O) groups excluding carboxylic acids is 1. The van der Waals surface area contributed by atoms with Crippen LogP contribution in [0.1, 0.15) is 26.3 Å². The summed E-state index contributed by atoms with van der Waals surface area (Å²) in [7, 11) is -4.07. The summed E-state index contributed by atoms with van der Waals surface area (Å²) in [5, 5.41) is 0. The monoisotopic (exact) mass is 295 g/mol. The molecule has 20 heavy (non-hydrogen) atoms. The summed E-state index contributed by atoms with van der Waals surface area (Å²) < 4.78 is 24.7. The van der Waals surface area contributed by atoms with Crippen LogP contribution >= 0.6 is 0 Å². The molecule has 0 heterocycles. The minimum atomic E-state index is -4.07. The maximum atomic E-state index is 12.2. The van der Waals surface area contributed by atoms with Crippen molar-refractivity contribution in [1.82, 2.24) is 4.47 Å². The lowest BCUT2D eigenvalue weighted by molar-refractivity contribution is -0.171. The van der Waals surface area contributed by atoms with Crippen molar-refractivity contribution in [2.45, 2.75) is 32.6 Å². The summed E-state index contributed by atoms with van der Waals surface area (Å²) in [6.07, 6.45) is 5.14. The zero-order valence-corrected chi connectivity index (χ0v) is 12.7. The van der Waals surface area contributed by atoms with Crippen molar-refractivity contribution < 1.29 is 18.0 Å². The Morgan fingerprint density at radius 3 is 2.15 bits per heavy atom. The van der Waals surface area contributed by atoms with Gasteiger partial charge in [-0.05, 0) is 44.3 Å². The number of nitrogens with zero attached hydrogens (tertiary/aromatic N) is 1. The molecule has 0 bridgehead atoms. The molecule has 1 aromatic rings. The molecule has 0 radical (unpaired) electrons. The summed E-state index contributed by atoms with van der Waals surface area (Å²) in [5.74, 6) is -0.730. The van der Waals surface area contributed by atoms with Crippen LogP contribution in [0.4, 0.5) is 0 Å². The van der Waals surface area contributed by atoms with E-state index in [1.807, 2.05) is 13.0 Å². The fraction of sp³-hybridized carbons (Fsp3) is 0.357. The highest BCUT2D eigenvalue weighted by Crippen LogP contribution is 2.20. The number of hydrogen-bond donors (Lipinski definition) is 0. The zero-order chi connectivity index (χ0) is 15.6. The van der Waals surface area contributed by atoms with Gasteiger partial charge in [-0.25, -0.2) is 4.79 Å². The van der Waals surface area contributed by atoms with Crippen LogP contribution in [-0.4, -0.2) is 18.9 Å². The molecule has 0 fully saturated rings. The molecule has 6 heteroatoms. The Labute approximate surface area is 119 Å². The van der Waals surface area contributed by atoms with E-state index in [1.54, 1.807) is 32.9 Å². The summed E-state index contributed by atoms with van der Waals surface area (Å²) >= 11 is 0. The van der Waals surface area contributed by atoms with E-state index in [-0.39, 0.29) is 9.36 Å². The highest BCUT2D eigenvalue weighted by Gasteiger charge is 2.31. The standard InChI is InChI=1S/C14H17NO4S/c1-6-15(19-13(16)14(3,4)5)20(17,18)12-9-7-11(2)8-10-12/h1,7-10H,2-5H3. The molecule has 0 unspecified atom stereocenters. The minimum absolute atomic E-state index is 0.0391. The number of rotatable bonds is 3. The molecule has 0 aromatic heterocycles. The Morgan fingerprint density at radius 1 is 1.25 bits per heavy atom. The number of hydroxylamine groups is 1. The van der Waals surface area contributed by atoms with Gasteiger partial charge < -0.3 is 4.84 Å². The predicted molar refractivity (Wildman–Crippen MR) is 74.6 cm³/mol. The van der Waals surface area contributed by atoms with E-state index in [0.717, 1.165) is 5.56 Å². The predicted octanol–water partition coefficient (Wildman–Crippen LogP) is 2.08. The number of benzene rings is 1. The number of aryl methyl sites for hydroxylation is 1. The molecule has 0 aliphatic rings. The largest absolute Gasteiger partial charge is 0.340 e. The zero-order valence-electron chi connectivity index (χ0n) is 11.9. The highest BCUT2D eigenvalue weighted by atomic mass is 32.2. The van der Waals surface area contributed by atoms with Crippen LogP contribution < -0.4 is 0 Å². The molecule has 5 nitrogen and oxygen atoms in total. The van der Waals surface area contributed by atoms with Crippen molar-refractivity contribution in [3.05, 3.63) is 29.8 Å². The third-order valence-corrected chi connectivity index (χ3v) is 3.91. The van der Waals surface area contributed by atoms with Crippen molar-refractivity contribution in [3.63, 3.8) is 0 Å². The Balaban J connectivity index is 3.09. The second kappa shape index (κ2) is 5.55. The molecule has 0 amide bonds. The highest BCUT2D eigenvalue weighted by molar-refractivity contribution is 7.89. The van der Waals surface area contributed by atoms with Gasteiger partial charge in [-0.2, -0.15) is 8.42 Å². The quantitative estimate of drug-likeness (QED) is 0.486. The lowest BCUT2D eigenvalue weighted by Crippen LogP contribution is -2.34. The van der Waals surface area contributed by atoms with Crippen LogP contribution in [0.25, 0.3) is 0 Å². The maximum absolute atomic E-state index is 12.2. The molecule has 1 rings (SSSR count). The maximum Gasteiger partial charge on any atom is 0.340 e. The lowest BCUT2D eigenvalue weighted by atomic mass is 9.98. The van der Waals surface area contributed by atoms with Crippen LogP contribution in [0.15, 0.2) is 29.2 Å². The molecule has 0 atom stereocenters. The van der Waals surface area contributed by atoms with Crippen molar-refractivity contribution in [3.8, 4) is 12.5 Å². The SMILES string of the molecule is C#CN(OC(=O)C(C)(C)C)S(=O)(=O)c1ccc(C)cc1. The Hall–Kier alpha value is -2.00. The van der Waals surface area contributed by atoms with E-state index in [1.165, 1.54) is 12.1 Å². The van der Waals surface area contributed by atoms with Crippen LogP contribution in [-0.2, 0) is 19.7 Å². The van der Waals surface area contributed by atoms with E-state index in [4.69, 9.17) is 11.3 Å². The van der Waals surface area contributed by atoms with E-state index in [9.17, 15) is 13.2 Å². The van der Waals surface area contributed by atoms with Gasteiger partial charge in [0.2, 0.25) is 0 Å². The van der Waals surface area contributed by atoms with Gasteiger partial charge in [0.15, 0.2) is 0 Å². The van der Waals surface area contributed by atoms with Gasteiger partial charge in [-0.1, -0.05) is 24.1 Å². The van der Waals surface area contributed by atoms with Crippen LogP contribution in [0.3, 0.4) is 0 Å². The van der Waals surface area contributed by atoms with Gasteiger partial charge in [0.25, 0.3) is 0 Å². The van der Waals surface area contributed by atoms with Gasteiger partial charge >= 0.3 is 16.0 Å². The third kappa shape index (κ3) is 3.52. The van der Waals surface area contributed by atoms with E-state index in [2.05, 4.69) is 0 Å². The number of hydrogen-bond acceptors (Lipinski definition) is 4. The van der Waals surface area contributed by atoms with Crippen molar-refractivity contribution in [1.29, 1.82) is 0 Å². The van der Waals surface area contributed by atoms with E-state index in [0.29, 0.717) is 0 Å². The molecule has 108 valence electrons. The molecule has 1 aromatic carbocycles. The van der Waals surface area contributed by atoms with Gasteiger partial charge in [-0.15, -0.1) is 0 Å². The summed E-state index contributed by atoms with van der Waals surface area (Å²) in [4.78, 5) is 16.5. The number of sulfonamides is 1. The second-order valence-corrected chi connectivity index (χ2v) is 7.06. The van der Waals surface area contributed by atoms with Crippen LogP contribution in [0.5, 0.6) is 0 Å². The van der Waals surface area contributed by atoms with E-state index >= 15 is 0 Å². The van der Waals surface area contributed by atoms with Crippen molar-refractivity contribution >= 4 is 16.0 Å². The van der Waals surface area contributed by atoms with Crippen molar-refractivity contribution in [2.24, 2.45) is 5.41 Å². The summed E-state index contributed by atoms with van der Waals surface area (Å²) in [5.41, 5.74) is 0.0423. The van der Waals surface area contributed by atoms with Crippen LogP contribution in [0, 0.1) is 24.8 Å². The third-order valence-electron chi connectivity index (χ3n) is 2.42. The average Bonchev–Trinajstić information content (AvgIpc) is 2.34. The average molecular weight is 295 g/mol. The molecule has 0 saturated carbocycles. The number of terminal acetylenes is 1. The summed E-state index contributed by atoms with van der Waals surface area (Å²) in [6.45, 7) is 6.63. The topological polar surface area (TPSA) is 63.7 Å². The molecular weight excluding hydrogens is 278 g/mol. The van der Waals surface area contributed by atoms with Gasteiger partial charge in [0, 0.05) is 0 Å². The molecule has 0 aliphatic heterocycles. The Kier molecular flexibility index (Phi) is 4.46. The Morgan fingerprint density at radius 2 is 1.75 bits per heavy atom. The minimum Gasteiger partial charge on any atom is -0.317 e. The smallest absolute Gasteiger partial charge is 0.317 e. The van der Waals surface area contributed by atoms with Crippen LogP contribution in [0.2, 0.25) is 0 Å². The first-order valence-electron chi connectivity index (χ1n) is 5.89. The fourth-order valence-electron chi connectivity index (χ4n) is 1.16. The molecule has 0 aliphatic carbocycles. The van der Waals surface area contributed by atoms with Gasteiger partial charge in [-0.3, -0.25) is 0 Å².